The Labute approximate surface area is 140 Å². The van der Waals surface area contributed by atoms with Gasteiger partial charge < -0.3 is 10.8 Å². The van der Waals surface area contributed by atoms with Gasteiger partial charge in [-0.15, -0.1) is 0 Å². The summed E-state index contributed by atoms with van der Waals surface area (Å²) in [5, 5.41) is 9.79. The Morgan fingerprint density at radius 3 is 2.78 bits per heavy atom. The minimum Gasteiger partial charge on any atom is -0.393 e. The third-order valence-corrected chi connectivity index (χ3v) is 6.69. The van der Waals surface area contributed by atoms with Gasteiger partial charge in [0.05, 0.1) is 6.10 Å². The number of Topliss-reactive ketones (excluding diaryl/α,β-unsaturated/α-hetero) is 1. The smallest absolute Gasteiger partial charge is 0.159 e. The highest BCUT2D eigenvalue weighted by molar-refractivity contribution is 5.96. The molecule has 128 valence electrons. The molecule has 3 aliphatic rings. The Morgan fingerprint density at radius 2 is 2.04 bits per heavy atom. The summed E-state index contributed by atoms with van der Waals surface area (Å²) in [5.74, 6) is 1.44. The van der Waals surface area contributed by atoms with Crippen LogP contribution in [0.1, 0.15) is 65.2 Å². The maximum Gasteiger partial charge on any atom is 0.159 e. The van der Waals surface area contributed by atoms with Gasteiger partial charge in [0.15, 0.2) is 5.78 Å². The molecular weight excluding hydrogens is 286 g/mol. The first-order chi connectivity index (χ1) is 10.9. The van der Waals surface area contributed by atoms with Gasteiger partial charge in [0.2, 0.25) is 0 Å². The molecule has 0 bridgehead atoms. The quantitative estimate of drug-likeness (QED) is 0.766. The molecule has 0 saturated heterocycles. The highest BCUT2D eigenvalue weighted by atomic mass is 16.3. The van der Waals surface area contributed by atoms with E-state index in [1.165, 1.54) is 31.3 Å². The summed E-state index contributed by atoms with van der Waals surface area (Å²) in [4.78, 5) is 12.0. The van der Waals surface area contributed by atoms with E-state index < -0.39 is 0 Å². The van der Waals surface area contributed by atoms with Crippen LogP contribution in [0.25, 0.3) is 0 Å². The van der Waals surface area contributed by atoms with Gasteiger partial charge in [-0.05, 0) is 68.3 Å². The number of aliphatic hydroxyl groups excluding tert-OH is 1. The first-order valence-electron chi connectivity index (χ1n) is 9.28. The first kappa shape index (κ1) is 16.9. The number of fused-ring (bicyclic) bond motifs is 1. The van der Waals surface area contributed by atoms with Gasteiger partial charge in [-0.2, -0.15) is 0 Å². The number of nitrogens with two attached hydrogens (primary N) is 1. The number of ketones is 1. The largest absolute Gasteiger partial charge is 0.393 e. The van der Waals surface area contributed by atoms with Crippen molar-refractivity contribution in [3.63, 3.8) is 0 Å². The molecule has 3 saturated carbocycles. The van der Waals surface area contributed by atoms with Crippen molar-refractivity contribution in [1.82, 2.24) is 0 Å². The van der Waals surface area contributed by atoms with E-state index in [9.17, 15) is 9.90 Å². The Bertz CT molecular complexity index is 534. The van der Waals surface area contributed by atoms with Crippen molar-refractivity contribution in [3.05, 3.63) is 23.3 Å². The Kier molecular flexibility index (Phi) is 4.80. The van der Waals surface area contributed by atoms with Crippen molar-refractivity contribution in [1.29, 1.82) is 0 Å². The third kappa shape index (κ3) is 3.18. The fraction of sp³-hybridized carbons (Fsp3) is 0.750. The van der Waals surface area contributed by atoms with Gasteiger partial charge in [-0.25, -0.2) is 0 Å². The second-order valence-electron chi connectivity index (χ2n) is 8.21. The number of hydrogen-bond donors (Lipinski definition) is 2. The van der Waals surface area contributed by atoms with Gasteiger partial charge in [0.25, 0.3) is 0 Å². The maximum absolute atomic E-state index is 12.0. The number of hydrogen-bond acceptors (Lipinski definition) is 3. The first-order valence-corrected chi connectivity index (χ1v) is 9.28. The van der Waals surface area contributed by atoms with Gasteiger partial charge in [0, 0.05) is 18.9 Å². The van der Waals surface area contributed by atoms with E-state index in [1.807, 2.05) is 6.08 Å². The number of carbonyl (C=O) groups excluding carboxylic acids is 1. The molecule has 0 aromatic rings. The van der Waals surface area contributed by atoms with E-state index in [4.69, 9.17) is 5.73 Å². The highest BCUT2D eigenvalue weighted by Crippen LogP contribution is 2.58. The van der Waals surface area contributed by atoms with E-state index >= 15 is 0 Å². The minimum absolute atomic E-state index is 0.214. The van der Waals surface area contributed by atoms with E-state index in [1.54, 1.807) is 0 Å². The summed E-state index contributed by atoms with van der Waals surface area (Å²) in [6.45, 7) is 4.58. The lowest BCUT2D eigenvalue weighted by Gasteiger charge is -2.43. The molecule has 5 atom stereocenters. The van der Waals surface area contributed by atoms with Crippen LogP contribution < -0.4 is 5.73 Å². The number of carbonyl (C=O) groups is 1. The molecular formula is C20H31NO2. The van der Waals surface area contributed by atoms with Gasteiger partial charge in [-0.3, -0.25) is 4.79 Å². The molecule has 0 spiro atoms. The van der Waals surface area contributed by atoms with Crippen LogP contribution in [0.5, 0.6) is 0 Å². The fourth-order valence-electron chi connectivity index (χ4n) is 5.44. The minimum atomic E-state index is -0.345. The molecule has 23 heavy (non-hydrogen) atoms. The summed E-state index contributed by atoms with van der Waals surface area (Å²) < 4.78 is 0. The van der Waals surface area contributed by atoms with Crippen LogP contribution in [-0.4, -0.2) is 23.0 Å². The van der Waals surface area contributed by atoms with Crippen LogP contribution in [0.4, 0.5) is 0 Å². The van der Waals surface area contributed by atoms with E-state index in [0.717, 1.165) is 12.0 Å². The molecule has 0 aliphatic heterocycles. The lowest BCUT2D eigenvalue weighted by atomic mass is 9.62. The molecule has 0 heterocycles. The molecule has 0 aromatic heterocycles. The van der Waals surface area contributed by atoms with Crippen molar-refractivity contribution in [2.24, 2.45) is 23.0 Å². The summed E-state index contributed by atoms with van der Waals surface area (Å²) in [6, 6.07) is 0.262. The number of allylic oxidation sites excluding steroid dienone is 3. The number of rotatable bonds is 2. The molecule has 0 radical (unpaired) electrons. The molecule has 0 aromatic carbocycles. The summed E-state index contributed by atoms with van der Waals surface area (Å²) in [7, 11) is 0. The zero-order valence-electron chi connectivity index (χ0n) is 14.6. The number of aliphatic hydroxyl groups is 1. The average Bonchev–Trinajstić information content (AvgIpc) is 2.86. The van der Waals surface area contributed by atoms with Crippen molar-refractivity contribution < 1.29 is 9.90 Å². The second kappa shape index (κ2) is 6.52. The molecule has 3 rings (SSSR count). The molecule has 3 aliphatic carbocycles. The van der Waals surface area contributed by atoms with Crippen LogP contribution in [0.15, 0.2) is 23.3 Å². The topological polar surface area (TPSA) is 63.3 Å². The fourth-order valence-corrected chi connectivity index (χ4v) is 5.44. The van der Waals surface area contributed by atoms with E-state index in [2.05, 4.69) is 19.9 Å². The predicted octanol–water partition coefficient (Wildman–Crippen LogP) is 3.52. The standard InChI is InChI=1S/C20H31NO2/c1-13(21)17-8-9-18-14(4-3-11-20(17,18)2)5-6-15-12-16(22)7-10-19(15)23/h5-6,13,16-18,22H,3-4,7-12,21H2,1-2H3/b14-5+,15-6-/t13-,16-,17+,18-,20+/m0/s1. The average molecular weight is 317 g/mol. The van der Waals surface area contributed by atoms with Crippen molar-refractivity contribution in [2.75, 3.05) is 0 Å². The molecule has 0 amide bonds. The summed E-state index contributed by atoms with van der Waals surface area (Å²) in [5.41, 5.74) is 8.89. The monoisotopic (exact) mass is 317 g/mol. The Hall–Kier alpha value is -0.930. The van der Waals surface area contributed by atoms with Crippen LogP contribution in [-0.2, 0) is 4.79 Å². The van der Waals surface area contributed by atoms with Crippen LogP contribution >= 0.6 is 0 Å². The maximum atomic E-state index is 12.0. The zero-order chi connectivity index (χ0) is 16.6. The van der Waals surface area contributed by atoms with Crippen LogP contribution in [0.3, 0.4) is 0 Å². The molecule has 3 N–H and O–H groups in total. The van der Waals surface area contributed by atoms with Gasteiger partial charge in [-0.1, -0.05) is 24.6 Å². The van der Waals surface area contributed by atoms with Crippen molar-refractivity contribution >= 4 is 5.78 Å². The summed E-state index contributed by atoms with van der Waals surface area (Å²) >= 11 is 0. The second-order valence-corrected chi connectivity index (χ2v) is 8.21. The lowest BCUT2D eigenvalue weighted by molar-refractivity contribution is -0.117. The van der Waals surface area contributed by atoms with Crippen molar-refractivity contribution in [3.8, 4) is 0 Å². The molecule has 0 unspecified atom stereocenters. The zero-order valence-corrected chi connectivity index (χ0v) is 14.6. The van der Waals surface area contributed by atoms with Gasteiger partial charge >= 0.3 is 0 Å². The highest BCUT2D eigenvalue weighted by Gasteiger charge is 2.50. The molecule has 3 heteroatoms. The van der Waals surface area contributed by atoms with Gasteiger partial charge in [0.1, 0.15) is 0 Å². The Balaban J connectivity index is 1.81. The van der Waals surface area contributed by atoms with Crippen LogP contribution in [0.2, 0.25) is 0 Å². The predicted molar refractivity (Wildman–Crippen MR) is 92.9 cm³/mol. The van der Waals surface area contributed by atoms with E-state index in [-0.39, 0.29) is 17.9 Å². The molecule has 3 fully saturated rings. The van der Waals surface area contributed by atoms with Crippen molar-refractivity contribution in [2.45, 2.75) is 77.4 Å². The van der Waals surface area contributed by atoms with E-state index in [0.29, 0.717) is 36.5 Å². The SMILES string of the molecule is C[C@H](N)[C@H]1CC[C@H]2/C(=C/C=C3/C[C@@H](O)CCC3=O)CCC[C@]12C. The summed E-state index contributed by atoms with van der Waals surface area (Å²) in [6.07, 6.45) is 11.6. The third-order valence-electron chi connectivity index (χ3n) is 6.69. The molecule has 3 nitrogen and oxygen atoms in total. The normalized spacial score (nSPS) is 43.0. The Morgan fingerprint density at radius 1 is 1.26 bits per heavy atom. The van der Waals surface area contributed by atoms with Crippen LogP contribution in [0, 0.1) is 17.3 Å². The lowest BCUT2D eigenvalue weighted by Crippen LogP contribution is -2.40.